The van der Waals surface area contributed by atoms with Gasteiger partial charge in [-0.15, -0.1) is 5.10 Å². The van der Waals surface area contributed by atoms with Crippen molar-refractivity contribution < 1.29 is 9.53 Å². The number of rotatable bonds is 6. The van der Waals surface area contributed by atoms with E-state index in [9.17, 15) is 4.79 Å². The van der Waals surface area contributed by atoms with Crippen LogP contribution in [0.2, 0.25) is 5.02 Å². The first-order valence-electron chi connectivity index (χ1n) is 8.69. The van der Waals surface area contributed by atoms with Crippen LogP contribution in [0.3, 0.4) is 0 Å². The van der Waals surface area contributed by atoms with Crippen LogP contribution in [0.15, 0.2) is 42.5 Å². The van der Waals surface area contributed by atoms with E-state index in [2.05, 4.69) is 15.6 Å². The minimum absolute atomic E-state index is 0.278. The fraction of sp³-hybridized carbons (Fsp3) is 0.250. The number of carbonyl (C=O) groups is 1. The molecular formula is C20H21ClN4O2. The standard InChI is InChI=1S/C20H21ClN4O2/c1-4-27-18-8-6-5-7-15(18)12-22-20(26)19-14(3)25(24-23-19)16-10-9-13(2)17(21)11-16/h5-11H,4,12H2,1-3H3,(H,22,26). The Kier molecular flexibility index (Phi) is 5.76. The molecule has 1 amide bonds. The summed E-state index contributed by atoms with van der Waals surface area (Å²) in [5, 5.41) is 11.7. The number of halogens is 1. The van der Waals surface area contributed by atoms with Crippen molar-refractivity contribution in [1.29, 1.82) is 0 Å². The van der Waals surface area contributed by atoms with Crippen molar-refractivity contribution in [3.05, 3.63) is 70.0 Å². The highest BCUT2D eigenvalue weighted by Crippen LogP contribution is 2.21. The van der Waals surface area contributed by atoms with Gasteiger partial charge < -0.3 is 10.1 Å². The molecule has 2 aromatic carbocycles. The Balaban J connectivity index is 1.77. The molecular weight excluding hydrogens is 364 g/mol. The molecule has 1 heterocycles. The van der Waals surface area contributed by atoms with Gasteiger partial charge >= 0.3 is 0 Å². The second-order valence-corrected chi connectivity index (χ2v) is 6.50. The van der Waals surface area contributed by atoms with Gasteiger partial charge in [0.2, 0.25) is 0 Å². The molecule has 0 aliphatic heterocycles. The summed E-state index contributed by atoms with van der Waals surface area (Å²) in [6.45, 7) is 6.57. The lowest BCUT2D eigenvalue weighted by Crippen LogP contribution is -2.24. The van der Waals surface area contributed by atoms with Crippen LogP contribution in [0.5, 0.6) is 5.75 Å². The highest BCUT2D eigenvalue weighted by atomic mass is 35.5. The summed E-state index contributed by atoms with van der Waals surface area (Å²) in [6.07, 6.45) is 0. The van der Waals surface area contributed by atoms with E-state index < -0.39 is 0 Å². The molecule has 0 spiro atoms. The Labute approximate surface area is 163 Å². The zero-order valence-electron chi connectivity index (χ0n) is 15.5. The minimum Gasteiger partial charge on any atom is -0.494 e. The monoisotopic (exact) mass is 384 g/mol. The summed E-state index contributed by atoms with van der Waals surface area (Å²) in [5.74, 6) is 0.471. The molecule has 0 aliphatic rings. The summed E-state index contributed by atoms with van der Waals surface area (Å²) in [7, 11) is 0. The Hall–Kier alpha value is -2.86. The first-order chi connectivity index (χ1) is 13.0. The number of hydrogen-bond acceptors (Lipinski definition) is 4. The normalized spacial score (nSPS) is 10.7. The highest BCUT2D eigenvalue weighted by Gasteiger charge is 2.18. The van der Waals surface area contributed by atoms with Crippen LogP contribution in [0.25, 0.3) is 5.69 Å². The van der Waals surface area contributed by atoms with Gasteiger partial charge in [0, 0.05) is 17.1 Å². The number of carbonyl (C=O) groups excluding carboxylic acids is 1. The smallest absolute Gasteiger partial charge is 0.274 e. The third-order valence-corrected chi connectivity index (χ3v) is 4.63. The SMILES string of the molecule is CCOc1ccccc1CNC(=O)c1nnn(-c2ccc(C)c(Cl)c2)c1C. The average Bonchev–Trinajstić information content (AvgIpc) is 3.05. The van der Waals surface area contributed by atoms with Crippen molar-refractivity contribution in [1.82, 2.24) is 20.3 Å². The minimum atomic E-state index is -0.289. The molecule has 1 N–H and O–H groups in total. The lowest BCUT2D eigenvalue weighted by atomic mass is 10.2. The van der Waals surface area contributed by atoms with Crippen LogP contribution in [0, 0.1) is 13.8 Å². The molecule has 140 valence electrons. The van der Waals surface area contributed by atoms with Crippen LogP contribution < -0.4 is 10.1 Å². The number of nitrogens with one attached hydrogen (secondary N) is 1. The zero-order valence-corrected chi connectivity index (χ0v) is 16.2. The first kappa shape index (κ1) is 18.9. The molecule has 0 aliphatic carbocycles. The maximum atomic E-state index is 12.6. The number of aryl methyl sites for hydroxylation is 1. The van der Waals surface area contributed by atoms with Gasteiger partial charge in [-0.2, -0.15) is 0 Å². The molecule has 6 nitrogen and oxygen atoms in total. The lowest BCUT2D eigenvalue weighted by molar-refractivity contribution is 0.0945. The summed E-state index contributed by atoms with van der Waals surface area (Å²) in [5.41, 5.74) is 3.56. The van der Waals surface area contributed by atoms with E-state index in [1.165, 1.54) is 0 Å². The van der Waals surface area contributed by atoms with Crippen LogP contribution in [0.1, 0.15) is 34.2 Å². The highest BCUT2D eigenvalue weighted by molar-refractivity contribution is 6.31. The molecule has 1 aromatic heterocycles. The van der Waals surface area contributed by atoms with Gasteiger partial charge in [-0.05, 0) is 44.5 Å². The first-order valence-corrected chi connectivity index (χ1v) is 9.06. The average molecular weight is 385 g/mol. The van der Waals surface area contributed by atoms with Crippen LogP contribution >= 0.6 is 11.6 Å². The number of hydrogen-bond donors (Lipinski definition) is 1. The quantitative estimate of drug-likeness (QED) is 0.700. The van der Waals surface area contributed by atoms with E-state index >= 15 is 0 Å². The molecule has 0 bridgehead atoms. The summed E-state index contributed by atoms with van der Waals surface area (Å²) >= 11 is 6.19. The molecule has 0 unspecified atom stereocenters. The molecule has 3 rings (SSSR count). The number of benzene rings is 2. The lowest BCUT2D eigenvalue weighted by Gasteiger charge is -2.10. The van der Waals surface area contributed by atoms with Gasteiger partial charge in [-0.1, -0.05) is 41.1 Å². The molecule has 0 radical (unpaired) electrons. The third-order valence-electron chi connectivity index (χ3n) is 4.22. The van der Waals surface area contributed by atoms with Gasteiger partial charge in [-0.25, -0.2) is 4.68 Å². The van der Waals surface area contributed by atoms with Gasteiger partial charge in [0.25, 0.3) is 5.91 Å². The van der Waals surface area contributed by atoms with Crippen molar-refractivity contribution in [2.75, 3.05) is 6.61 Å². The number of nitrogens with zero attached hydrogens (tertiary/aromatic N) is 3. The molecule has 27 heavy (non-hydrogen) atoms. The third kappa shape index (κ3) is 4.11. The van der Waals surface area contributed by atoms with Crippen LogP contribution in [-0.4, -0.2) is 27.5 Å². The van der Waals surface area contributed by atoms with Crippen molar-refractivity contribution in [2.45, 2.75) is 27.3 Å². The number of ether oxygens (including phenoxy) is 1. The fourth-order valence-electron chi connectivity index (χ4n) is 2.70. The maximum Gasteiger partial charge on any atom is 0.274 e. The molecule has 7 heteroatoms. The summed E-state index contributed by atoms with van der Waals surface area (Å²) in [4.78, 5) is 12.6. The Bertz CT molecular complexity index is 968. The van der Waals surface area contributed by atoms with E-state index in [-0.39, 0.29) is 11.6 Å². The number of para-hydroxylation sites is 1. The topological polar surface area (TPSA) is 69.0 Å². The summed E-state index contributed by atoms with van der Waals surface area (Å²) < 4.78 is 7.19. The van der Waals surface area contributed by atoms with E-state index in [4.69, 9.17) is 16.3 Å². The largest absolute Gasteiger partial charge is 0.494 e. The van der Waals surface area contributed by atoms with Crippen molar-refractivity contribution in [3.63, 3.8) is 0 Å². The van der Waals surface area contributed by atoms with Gasteiger partial charge in [-0.3, -0.25) is 4.79 Å². The second kappa shape index (κ2) is 8.22. The van der Waals surface area contributed by atoms with Crippen molar-refractivity contribution in [3.8, 4) is 11.4 Å². The van der Waals surface area contributed by atoms with Gasteiger partial charge in [0.15, 0.2) is 5.69 Å². The van der Waals surface area contributed by atoms with Crippen LogP contribution in [0.4, 0.5) is 0 Å². The van der Waals surface area contributed by atoms with E-state index in [1.54, 1.807) is 17.7 Å². The van der Waals surface area contributed by atoms with Gasteiger partial charge in [0.05, 0.1) is 18.0 Å². The Morgan fingerprint density at radius 3 is 2.74 bits per heavy atom. The Morgan fingerprint density at radius 1 is 1.22 bits per heavy atom. The van der Waals surface area contributed by atoms with Crippen LogP contribution in [-0.2, 0) is 6.54 Å². The predicted octanol–water partition coefficient (Wildman–Crippen LogP) is 3.87. The zero-order chi connectivity index (χ0) is 19.4. The molecule has 0 saturated heterocycles. The van der Waals surface area contributed by atoms with E-state index in [1.807, 2.05) is 50.2 Å². The Morgan fingerprint density at radius 2 is 2.00 bits per heavy atom. The number of aromatic nitrogens is 3. The number of amides is 1. The predicted molar refractivity (Wildman–Crippen MR) is 105 cm³/mol. The van der Waals surface area contributed by atoms with E-state index in [0.717, 1.165) is 22.6 Å². The van der Waals surface area contributed by atoms with Crippen molar-refractivity contribution in [2.24, 2.45) is 0 Å². The van der Waals surface area contributed by atoms with Crippen molar-refractivity contribution >= 4 is 17.5 Å². The summed E-state index contributed by atoms with van der Waals surface area (Å²) in [6, 6.07) is 13.2. The molecule has 3 aromatic rings. The second-order valence-electron chi connectivity index (χ2n) is 6.09. The fourth-order valence-corrected chi connectivity index (χ4v) is 2.88. The van der Waals surface area contributed by atoms with Gasteiger partial charge in [0.1, 0.15) is 5.75 Å². The maximum absolute atomic E-state index is 12.6. The molecule has 0 atom stereocenters. The molecule has 0 fully saturated rings. The molecule has 0 saturated carbocycles. The van der Waals surface area contributed by atoms with E-state index in [0.29, 0.717) is 23.9 Å².